The Balaban J connectivity index is 2.49. The first kappa shape index (κ1) is 14.5. The lowest BCUT2D eigenvalue weighted by Crippen LogP contribution is -2.28. The number of anilines is 1. The van der Waals surface area contributed by atoms with Gasteiger partial charge in [0.15, 0.2) is 0 Å². The monoisotopic (exact) mass is 272 g/mol. The predicted octanol–water partition coefficient (Wildman–Crippen LogP) is 2.37. The molecule has 0 bridgehead atoms. The zero-order chi connectivity index (χ0) is 14.4. The molecular weight excluding hydrogens is 252 g/mol. The van der Waals surface area contributed by atoms with Crippen LogP contribution >= 0.6 is 0 Å². The quantitative estimate of drug-likeness (QED) is 0.786. The molecule has 4 nitrogen and oxygen atoms in total. The second-order valence-electron chi connectivity index (χ2n) is 4.54. The Hall–Kier alpha value is -1.91. The van der Waals surface area contributed by atoms with Gasteiger partial charge < -0.3 is 14.7 Å². The van der Waals surface area contributed by atoms with Gasteiger partial charge in [-0.05, 0) is 5.39 Å². The fraction of sp³-hybridized carbons (Fsp3) is 0.312. The van der Waals surface area contributed by atoms with Crippen molar-refractivity contribution >= 4 is 16.6 Å². The standard InChI is InChI=1S/C16H20N2O2/c1-3-8-18(9-10-20-2)16-15-7-5-4-6-14(15)13(12-19)11-17-16/h3-7,11,19H,1,8-10,12H2,2H3. The van der Waals surface area contributed by atoms with Crippen molar-refractivity contribution in [3.63, 3.8) is 0 Å². The van der Waals surface area contributed by atoms with Crippen molar-refractivity contribution in [1.82, 2.24) is 4.98 Å². The molecule has 4 heteroatoms. The number of hydrogen-bond donors (Lipinski definition) is 1. The van der Waals surface area contributed by atoms with Gasteiger partial charge in [-0.1, -0.05) is 30.3 Å². The highest BCUT2D eigenvalue weighted by Gasteiger charge is 2.12. The van der Waals surface area contributed by atoms with Crippen LogP contribution in [0.4, 0.5) is 5.82 Å². The average Bonchev–Trinajstić information content (AvgIpc) is 2.50. The molecule has 0 aliphatic heterocycles. The number of methoxy groups -OCH3 is 1. The second-order valence-corrected chi connectivity index (χ2v) is 4.54. The highest BCUT2D eigenvalue weighted by atomic mass is 16.5. The molecule has 2 rings (SSSR count). The first-order valence-corrected chi connectivity index (χ1v) is 6.64. The molecule has 0 spiro atoms. The van der Waals surface area contributed by atoms with E-state index in [0.29, 0.717) is 13.2 Å². The maximum absolute atomic E-state index is 9.42. The summed E-state index contributed by atoms with van der Waals surface area (Å²) in [5.41, 5.74) is 0.842. The number of nitrogens with zero attached hydrogens (tertiary/aromatic N) is 2. The maximum Gasteiger partial charge on any atom is 0.136 e. The normalized spacial score (nSPS) is 10.7. The summed E-state index contributed by atoms with van der Waals surface area (Å²) in [7, 11) is 1.69. The van der Waals surface area contributed by atoms with Crippen LogP contribution in [-0.2, 0) is 11.3 Å². The summed E-state index contributed by atoms with van der Waals surface area (Å²) in [5, 5.41) is 11.5. The van der Waals surface area contributed by atoms with Gasteiger partial charge in [-0.15, -0.1) is 6.58 Å². The van der Waals surface area contributed by atoms with Crippen LogP contribution in [0.3, 0.4) is 0 Å². The molecule has 106 valence electrons. The van der Waals surface area contributed by atoms with Crippen molar-refractivity contribution in [3.05, 3.63) is 48.7 Å². The number of aliphatic hydroxyl groups is 1. The van der Waals surface area contributed by atoms with Crippen molar-refractivity contribution in [2.75, 3.05) is 31.7 Å². The van der Waals surface area contributed by atoms with E-state index in [0.717, 1.165) is 28.7 Å². The van der Waals surface area contributed by atoms with Crippen LogP contribution in [0.15, 0.2) is 43.1 Å². The number of rotatable bonds is 7. The Morgan fingerprint density at radius 1 is 1.35 bits per heavy atom. The summed E-state index contributed by atoms with van der Waals surface area (Å²) in [6, 6.07) is 7.99. The highest BCUT2D eigenvalue weighted by Crippen LogP contribution is 2.27. The molecule has 20 heavy (non-hydrogen) atoms. The molecule has 0 radical (unpaired) electrons. The maximum atomic E-state index is 9.42. The zero-order valence-corrected chi connectivity index (χ0v) is 11.7. The Morgan fingerprint density at radius 3 is 2.75 bits per heavy atom. The molecule has 1 N–H and O–H groups in total. The van der Waals surface area contributed by atoms with Gasteiger partial charge in [0.1, 0.15) is 5.82 Å². The Bertz CT molecular complexity index is 584. The molecule has 1 heterocycles. The van der Waals surface area contributed by atoms with E-state index in [4.69, 9.17) is 4.74 Å². The Morgan fingerprint density at radius 2 is 2.10 bits per heavy atom. The first-order chi connectivity index (χ1) is 9.81. The lowest BCUT2D eigenvalue weighted by molar-refractivity contribution is 0.205. The average molecular weight is 272 g/mol. The third kappa shape index (κ3) is 2.98. The number of aliphatic hydroxyl groups excluding tert-OH is 1. The van der Waals surface area contributed by atoms with Gasteiger partial charge in [0.2, 0.25) is 0 Å². The third-order valence-corrected chi connectivity index (χ3v) is 3.24. The molecule has 0 atom stereocenters. The topological polar surface area (TPSA) is 45.6 Å². The SMILES string of the molecule is C=CCN(CCOC)c1ncc(CO)c2ccccc12. The van der Waals surface area contributed by atoms with E-state index in [1.807, 2.05) is 30.3 Å². The van der Waals surface area contributed by atoms with Crippen molar-refractivity contribution in [3.8, 4) is 0 Å². The largest absolute Gasteiger partial charge is 0.392 e. The number of hydrogen-bond acceptors (Lipinski definition) is 4. The van der Waals surface area contributed by atoms with Crippen LogP contribution in [0.5, 0.6) is 0 Å². The zero-order valence-electron chi connectivity index (χ0n) is 11.7. The van der Waals surface area contributed by atoms with E-state index in [-0.39, 0.29) is 6.61 Å². The number of ether oxygens (including phenoxy) is 1. The van der Waals surface area contributed by atoms with E-state index in [9.17, 15) is 5.11 Å². The van der Waals surface area contributed by atoms with E-state index >= 15 is 0 Å². The van der Waals surface area contributed by atoms with Crippen LogP contribution < -0.4 is 4.90 Å². The molecule has 0 aliphatic carbocycles. The van der Waals surface area contributed by atoms with Crippen molar-refractivity contribution in [1.29, 1.82) is 0 Å². The minimum Gasteiger partial charge on any atom is -0.392 e. The molecule has 2 aromatic rings. The van der Waals surface area contributed by atoms with Crippen LogP contribution in [-0.4, -0.2) is 36.9 Å². The summed E-state index contributed by atoms with van der Waals surface area (Å²) >= 11 is 0. The first-order valence-electron chi connectivity index (χ1n) is 6.64. The molecule has 0 unspecified atom stereocenters. The third-order valence-electron chi connectivity index (χ3n) is 3.24. The number of fused-ring (bicyclic) bond motifs is 1. The van der Waals surface area contributed by atoms with Crippen molar-refractivity contribution in [2.24, 2.45) is 0 Å². The fourth-order valence-electron chi connectivity index (χ4n) is 2.26. The molecule has 0 saturated heterocycles. The summed E-state index contributed by atoms with van der Waals surface area (Å²) in [6.07, 6.45) is 3.59. The molecular formula is C16H20N2O2. The van der Waals surface area contributed by atoms with E-state index in [1.54, 1.807) is 13.3 Å². The molecule has 1 aromatic carbocycles. The highest BCUT2D eigenvalue weighted by molar-refractivity contribution is 5.94. The predicted molar refractivity (Wildman–Crippen MR) is 82.0 cm³/mol. The van der Waals surface area contributed by atoms with E-state index in [1.165, 1.54) is 0 Å². The lowest BCUT2D eigenvalue weighted by atomic mass is 10.1. The summed E-state index contributed by atoms with van der Waals surface area (Å²) in [6.45, 7) is 5.88. The summed E-state index contributed by atoms with van der Waals surface area (Å²) in [4.78, 5) is 6.64. The molecule has 0 fully saturated rings. The van der Waals surface area contributed by atoms with Crippen LogP contribution in [0, 0.1) is 0 Å². The molecule has 0 aliphatic rings. The van der Waals surface area contributed by atoms with Crippen LogP contribution in [0.25, 0.3) is 10.8 Å². The van der Waals surface area contributed by atoms with Gasteiger partial charge in [-0.2, -0.15) is 0 Å². The van der Waals surface area contributed by atoms with Gasteiger partial charge in [-0.3, -0.25) is 0 Å². The summed E-state index contributed by atoms with van der Waals surface area (Å²) in [5.74, 6) is 0.898. The number of aromatic nitrogens is 1. The molecule has 0 saturated carbocycles. The Labute approximate surface area is 119 Å². The lowest BCUT2D eigenvalue weighted by Gasteiger charge is -2.23. The van der Waals surface area contributed by atoms with E-state index < -0.39 is 0 Å². The fourth-order valence-corrected chi connectivity index (χ4v) is 2.26. The van der Waals surface area contributed by atoms with Crippen LogP contribution in [0.2, 0.25) is 0 Å². The van der Waals surface area contributed by atoms with E-state index in [2.05, 4.69) is 16.5 Å². The summed E-state index contributed by atoms with van der Waals surface area (Å²) < 4.78 is 5.15. The van der Waals surface area contributed by atoms with Gasteiger partial charge >= 0.3 is 0 Å². The van der Waals surface area contributed by atoms with Crippen molar-refractivity contribution in [2.45, 2.75) is 6.61 Å². The van der Waals surface area contributed by atoms with Gasteiger partial charge in [0.25, 0.3) is 0 Å². The number of pyridine rings is 1. The second kappa shape index (κ2) is 7.03. The van der Waals surface area contributed by atoms with Gasteiger partial charge in [0, 0.05) is 37.3 Å². The minimum atomic E-state index is -0.00662. The Kier molecular flexibility index (Phi) is 5.09. The molecule has 0 amide bonds. The van der Waals surface area contributed by atoms with Crippen molar-refractivity contribution < 1.29 is 9.84 Å². The number of benzene rings is 1. The smallest absolute Gasteiger partial charge is 0.136 e. The van der Waals surface area contributed by atoms with Crippen LogP contribution in [0.1, 0.15) is 5.56 Å². The van der Waals surface area contributed by atoms with Gasteiger partial charge in [0.05, 0.1) is 13.2 Å². The van der Waals surface area contributed by atoms with Gasteiger partial charge in [-0.25, -0.2) is 4.98 Å². The molecule has 1 aromatic heterocycles. The minimum absolute atomic E-state index is 0.00662.